The van der Waals surface area contributed by atoms with Crippen LogP contribution in [0.15, 0.2) is 18.5 Å². The van der Waals surface area contributed by atoms with Crippen LogP contribution in [0.3, 0.4) is 0 Å². The Labute approximate surface area is 207 Å². The van der Waals surface area contributed by atoms with Crippen LogP contribution in [0.25, 0.3) is 0 Å². The van der Waals surface area contributed by atoms with Crippen molar-refractivity contribution < 1.29 is 22.4 Å². The quantitative estimate of drug-likeness (QED) is 0.578. The molecular formula is C25H32F4N6O. The molecule has 2 aliphatic heterocycles. The van der Waals surface area contributed by atoms with E-state index in [1.807, 2.05) is 0 Å². The number of halogens is 4. The Morgan fingerprint density at radius 1 is 1.11 bits per heavy atom. The highest BCUT2D eigenvalue weighted by Gasteiger charge is 2.51. The van der Waals surface area contributed by atoms with Gasteiger partial charge in [0.2, 0.25) is 5.91 Å². The number of hydrogen-bond acceptors (Lipinski definition) is 5. The molecule has 3 heterocycles. The Balaban J connectivity index is 1.29. The van der Waals surface area contributed by atoms with Gasteiger partial charge < -0.3 is 9.80 Å². The van der Waals surface area contributed by atoms with Gasteiger partial charge >= 0.3 is 6.18 Å². The first kappa shape index (κ1) is 25.1. The van der Waals surface area contributed by atoms with E-state index in [4.69, 9.17) is 0 Å². The Hall–Kier alpha value is -2.56. The smallest absolute Gasteiger partial charge is 0.338 e. The lowest BCUT2D eigenvalue weighted by Gasteiger charge is -2.41. The summed E-state index contributed by atoms with van der Waals surface area (Å²) in [6, 6.07) is 2.09. The van der Waals surface area contributed by atoms with E-state index >= 15 is 0 Å². The molecule has 11 heteroatoms. The fourth-order valence-electron chi connectivity index (χ4n) is 6.45. The van der Waals surface area contributed by atoms with Crippen molar-refractivity contribution in [2.45, 2.75) is 77.2 Å². The van der Waals surface area contributed by atoms with Gasteiger partial charge in [-0.15, -0.1) is 10.2 Å². The lowest BCUT2D eigenvalue weighted by Crippen LogP contribution is -2.49. The van der Waals surface area contributed by atoms with Gasteiger partial charge in [-0.25, -0.2) is 4.39 Å². The molecule has 0 radical (unpaired) electrons. The summed E-state index contributed by atoms with van der Waals surface area (Å²) in [4.78, 5) is 19.7. The van der Waals surface area contributed by atoms with E-state index in [-0.39, 0.29) is 42.4 Å². The highest BCUT2D eigenvalue weighted by molar-refractivity contribution is 5.84. The summed E-state index contributed by atoms with van der Waals surface area (Å²) in [7, 11) is 0. The summed E-state index contributed by atoms with van der Waals surface area (Å²) in [5.41, 5.74) is -1.01. The molecule has 2 atom stereocenters. The van der Waals surface area contributed by atoms with E-state index in [1.54, 1.807) is 9.70 Å². The molecule has 7 nitrogen and oxygen atoms in total. The average molecular weight is 509 g/mol. The van der Waals surface area contributed by atoms with Gasteiger partial charge in [0.15, 0.2) is 6.33 Å². The standard InChI is InChI=1S/C25H32F4N6O/c1-16(2)24(7-3-20(13-24)33-8-4-19(5-9-33)35-31-15-30-32-35)23(36)34-10-6-21-17(14-34)11-18(12-22(21)26)25(27,28)29/h11-12,15-16,19-20H,3-10,13-14H2,1-2H3. The van der Waals surface area contributed by atoms with Gasteiger partial charge in [0.1, 0.15) is 5.82 Å². The predicted molar refractivity (Wildman–Crippen MR) is 123 cm³/mol. The largest absolute Gasteiger partial charge is 0.416 e. The molecule has 2 fully saturated rings. The third kappa shape index (κ3) is 4.50. The van der Waals surface area contributed by atoms with Crippen molar-refractivity contribution in [2.24, 2.45) is 11.3 Å². The fraction of sp³-hybridized carbons (Fsp3) is 0.680. The van der Waals surface area contributed by atoms with Crippen molar-refractivity contribution >= 4 is 5.91 Å². The molecule has 2 unspecified atom stereocenters. The first-order chi connectivity index (χ1) is 17.1. The maximum absolute atomic E-state index is 14.4. The molecule has 1 aliphatic carbocycles. The van der Waals surface area contributed by atoms with Crippen LogP contribution in [-0.4, -0.2) is 61.6 Å². The zero-order valence-corrected chi connectivity index (χ0v) is 20.6. The van der Waals surface area contributed by atoms with Crippen LogP contribution >= 0.6 is 0 Å². The second kappa shape index (κ2) is 9.39. The molecular weight excluding hydrogens is 476 g/mol. The first-order valence-electron chi connectivity index (χ1n) is 12.7. The number of fused-ring (bicyclic) bond motifs is 1. The third-order valence-corrected chi connectivity index (χ3v) is 8.66. The van der Waals surface area contributed by atoms with Crippen LogP contribution in [0.5, 0.6) is 0 Å². The molecule has 3 aliphatic rings. The van der Waals surface area contributed by atoms with Gasteiger partial charge in [-0.2, -0.15) is 18.0 Å². The second-order valence-electron chi connectivity index (χ2n) is 10.8. The number of carbonyl (C=O) groups is 1. The fourth-order valence-corrected chi connectivity index (χ4v) is 6.45. The topological polar surface area (TPSA) is 67.2 Å². The monoisotopic (exact) mass is 508 g/mol. The summed E-state index contributed by atoms with van der Waals surface area (Å²) in [5, 5.41) is 12.0. The van der Waals surface area contributed by atoms with Crippen molar-refractivity contribution in [3.8, 4) is 0 Å². The molecule has 0 N–H and O–H groups in total. The molecule has 196 valence electrons. The summed E-state index contributed by atoms with van der Waals surface area (Å²) in [5.74, 6) is -0.757. The summed E-state index contributed by atoms with van der Waals surface area (Å²) in [6.45, 7) is 6.25. The second-order valence-corrected chi connectivity index (χ2v) is 10.8. The van der Waals surface area contributed by atoms with Crippen molar-refractivity contribution in [2.75, 3.05) is 19.6 Å². The van der Waals surface area contributed by atoms with Crippen molar-refractivity contribution in [3.63, 3.8) is 0 Å². The highest BCUT2D eigenvalue weighted by atomic mass is 19.4. The maximum Gasteiger partial charge on any atom is 0.416 e. The number of rotatable bonds is 4. The lowest BCUT2D eigenvalue weighted by molar-refractivity contribution is -0.146. The highest BCUT2D eigenvalue weighted by Crippen LogP contribution is 2.48. The Morgan fingerprint density at radius 2 is 1.86 bits per heavy atom. The number of nitrogens with zero attached hydrogens (tertiary/aromatic N) is 6. The number of likely N-dealkylation sites (tertiary alicyclic amines) is 1. The minimum atomic E-state index is -4.63. The number of piperidine rings is 1. The zero-order valence-electron chi connectivity index (χ0n) is 20.6. The molecule has 1 amide bonds. The number of aromatic nitrogens is 4. The minimum absolute atomic E-state index is 0.00910. The van der Waals surface area contributed by atoms with E-state index in [0.29, 0.717) is 18.2 Å². The zero-order chi connectivity index (χ0) is 25.7. The molecule has 1 saturated heterocycles. The molecule has 0 spiro atoms. The minimum Gasteiger partial charge on any atom is -0.338 e. The van der Waals surface area contributed by atoms with E-state index in [2.05, 4.69) is 34.2 Å². The number of benzene rings is 1. The molecule has 1 aromatic heterocycles. The van der Waals surface area contributed by atoms with Gasteiger partial charge in [0.05, 0.1) is 17.0 Å². The van der Waals surface area contributed by atoms with Crippen molar-refractivity contribution in [1.82, 2.24) is 30.0 Å². The van der Waals surface area contributed by atoms with E-state index in [1.165, 1.54) is 6.33 Å². The molecule has 36 heavy (non-hydrogen) atoms. The van der Waals surface area contributed by atoms with E-state index < -0.39 is 23.0 Å². The Morgan fingerprint density at radius 3 is 2.50 bits per heavy atom. The molecule has 1 saturated carbocycles. The van der Waals surface area contributed by atoms with Gasteiger partial charge in [0.25, 0.3) is 0 Å². The molecule has 5 rings (SSSR count). The van der Waals surface area contributed by atoms with Crippen LogP contribution in [0.4, 0.5) is 17.6 Å². The molecule has 2 aromatic rings. The van der Waals surface area contributed by atoms with Crippen molar-refractivity contribution in [1.29, 1.82) is 0 Å². The van der Waals surface area contributed by atoms with Gasteiger partial charge in [-0.05, 0) is 72.9 Å². The maximum atomic E-state index is 14.4. The SMILES string of the molecule is CC(C)C1(C(=O)N2CCc3c(F)cc(C(F)(F)F)cc3C2)CCC(N2CCC(n3ncnn3)CC2)C1. The Kier molecular flexibility index (Phi) is 6.55. The molecule has 1 aromatic carbocycles. The predicted octanol–water partition coefficient (Wildman–Crippen LogP) is 4.25. The normalized spacial score (nSPS) is 26.0. The lowest BCUT2D eigenvalue weighted by atomic mass is 9.73. The van der Waals surface area contributed by atoms with Crippen molar-refractivity contribution in [3.05, 3.63) is 41.0 Å². The number of alkyl halides is 3. The molecule has 0 bridgehead atoms. The number of amides is 1. The van der Waals surface area contributed by atoms with Gasteiger partial charge in [-0.1, -0.05) is 13.8 Å². The van der Waals surface area contributed by atoms with Gasteiger partial charge in [0, 0.05) is 32.2 Å². The Bertz CT molecular complexity index is 1100. The number of tetrazole rings is 1. The van der Waals surface area contributed by atoms with Crippen LogP contribution in [0.2, 0.25) is 0 Å². The van der Waals surface area contributed by atoms with E-state index in [0.717, 1.165) is 51.3 Å². The van der Waals surface area contributed by atoms with Gasteiger partial charge in [-0.3, -0.25) is 4.79 Å². The van der Waals surface area contributed by atoms with E-state index in [9.17, 15) is 22.4 Å². The average Bonchev–Trinajstić information content (AvgIpc) is 3.54. The van der Waals surface area contributed by atoms with Crippen LogP contribution < -0.4 is 0 Å². The third-order valence-electron chi connectivity index (χ3n) is 8.66. The first-order valence-corrected chi connectivity index (χ1v) is 12.7. The van der Waals surface area contributed by atoms with Crippen LogP contribution in [-0.2, 0) is 23.9 Å². The summed E-state index contributed by atoms with van der Waals surface area (Å²) >= 11 is 0. The number of carbonyl (C=O) groups excluding carboxylic acids is 1. The summed E-state index contributed by atoms with van der Waals surface area (Å²) in [6.07, 6.45) is 1.28. The van der Waals surface area contributed by atoms with Crippen LogP contribution in [0.1, 0.15) is 68.7 Å². The summed E-state index contributed by atoms with van der Waals surface area (Å²) < 4.78 is 54.2. The number of hydrogen-bond donors (Lipinski definition) is 0. The van der Waals surface area contributed by atoms with Crippen LogP contribution in [0, 0.1) is 17.2 Å².